The van der Waals surface area contributed by atoms with Crippen molar-refractivity contribution in [1.82, 2.24) is 0 Å². The highest BCUT2D eigenvalue weighted by Gasteiger charge is 2.25. The first-order valence-electron chi connectivity index (χ1n) is 6.11. The first-order valence-corrected chi connectivity index (χ1v) is 7.25. The van der Waals surface area contributed by atoms with Gasteiger partial charge in [-0.15, -0.1) is 0 Å². The smallest absolute Gasteiger partial charge is 0.166 e. The molecule has 0 saturated carbocycles. The van der Waals surface area contributed by atoms with Crippen LogP contribution in [0.5, 0.6) is 0 Å². The molecular formula is C15H10Cl3NO. The Morgan fingerprint density at radius 3 is 2.35 bits per heavy atom. The van der Waals surface area contributed by atoms with Crippen molar-refractivity contribution in [3.05, 3.63) is 57.0 Å². The Labute approximate surface area is 131 Å². The van der Waals surface area contributed by atoms with Crippen molar-refractivity contribution in [2.75, 3.05) is 11.4 Å². The Morgan fingerprint density at radius 1 is 0.900 bits per heavy atom. The van der Waals surface area contributed by atoms with Crippen molar-refractivity contribution in [2.45, 2.75) is 6.42 Å². The van der Waals surface area contributed by atoms with Gasteiger partial charge in [0.1, 0.15) is 0 Å². The molecule has 0 saturated heterocycles. The van der Waals surface area contributed by atoms with E-state index in [0.717, 1.165) is 11.4 Å². The summed E-state index contributed by atoms with van der Waals surface area (Å²) in [7, 11) is 0. The summed E-state index contributed by atoms with van der Waals surface area (Å²) in [6, 6.07) is 10.6. The molecule has 0 amide bonds. The maximum atomic E-state index is 12.0. The molecule has 2 aromatic rings. The van der Waals surface area contributed by atoms with Crippen LogP contribution in [0.1, 0.15) is 16.8 Å². The van der Waals surface area contributed by atoms with Crippen LogP contribution in [0.3, 0.4) is 0 Å². The summed E-state index contributed by atoms with van der Waals surface area (Å²) in [4.78, 5) is 14.0. The zero-order chi connectivity index (χ0) is 14.3. The molecule has 20 heavy (non-hydrogen) atoms. The fourth-order valence-corrected chi connectivity index (χ4v) is 3.06. The molecule has 1 aliphatic heterocycles. The fraction of sp³-hybridized carbons (Fsp3) is 0.133. The highest BCUT2D eigenvalue weighted by atomic mass is 35.5. The van der Waals surface area contributed by atoms with Crippen LogP contribution in [0.2, 0.25) is 15.1 Å². The predicted octanol–water partition coefficient (Wildman–Crippen LogP) is 5.37. The Balaban J connectivity index is 2.15. The van der Waals surface area contributed by atoms with Crippen molar-refractivity contribution in [2.24, 2.45) is 0 Å². The number of hydrogen-bond acceptors (Lipinski definition) is 2. The molecule has 0 atom stereocenters. The van der Waals surface area contributed by atoms with E-state index in [0.29, 0.717) is 33.6 Å². The predicted molar refractivity (Wildman–Crippen MR) is 83.9 cm³/mol. The van der Waals surface area contributed by atoms with Gasteiger partial charge in [-0.2, -0.15) is 0 Å². The van der Waals surface area contributed by atoms with Crippen LogP contribution in [0.4, 0.5) is 11.4 Å². The van der Waals surface area contributed by atoms with E-state index >= 15 is 0 Å². The standard InChI is InChI=1S/C15H10Cl3NO/c16-9-2-4-13(12(18)7-9)19-6-5-15(20)11-3-1-10(17)8-14(11)19/h1-4,7-8H,5-6H2. The lowest BCUT2D eigenvalue weighted by Gasteiger charge is -2.31. The number of fused-ring (bicyclic) bond motifs is 1. The van der Waals surface area contributed by atoms with Gasteiger partial charge in [-0.25, -0.2) is 0 Å². The summed E-state index contributed by atoms with van der Waals surface area (Å²) in [5.74, 6) is 0.123. The third kappa shape index (κ3) is 2.39. The minimum absolute atomic E-state index is 0.123. The molecule has 0 unspecified atom stereocenters. The number of Topliss-reactive ketones (excluding diaryl/α,β-unsaturated/α-hetero) is 1. The highest BCUT2D eigenvalue weighted by Crippen LogP contribution is 2.39. The molecule has 0 bridgehead atoms. The van der Waals surface area contributed by atoms with Crippen LogP contribution in [0, 0.1) is 0 Å². The Hall–Kier alpha value is -1.22. The van der Waals surface area contributed by atoms with E-state index in [1.165, 1.54) is 0 Å². The molecule has 1 heterocycles. The monoisotopic (exact) mass is 325 g/mol. The molecule has 0 fully saturated rings. The van der Waals surface area contributed by atoms with Crippen LogP contribution in [0.25, 0.3) is 0 Å². The first-order chi connectivity index (χ1) is 9.56. The Kier molecular flexibility index (Phi) is 3.63. The van der Waals surface area contributed by atoms with E-state index in [2.05, 4.69) is 0 Å². The van der Waals surface area contributed by atoms with E-state index in [9.17, 15) is 4.79 Å². The highest BCUT2D eigenvalue weighted by molar-refractivity contribution is 6.36. The average Bonchev–Trinajstić information content (AvgIpc) is 2.40. The number of nitrogens with zero attached hydrogens (tertiary/aromatic N) is 1. The van der Waals surface area contributed by atoms with Gasteiger partial charge in [-0.1, -0.05) is 34.8 Å². The molecule has 102 valence electrons. The normalized spacial score (nSPS) is 14.3. The van der Waals surface area contributed by atoms with E-state index in [-0.39, 0.29) is 5.78 Å². The molecule has 5 heteroatoms. The van der Waals surface area contributed by atoms with Crippen LogP contribution < -0.4 is 4.90 Å². The van der Waals surface area contributed by atoms with Crippen LogP contribution in [0.15, 0.2) is 36.4 Å². The van der Waals surface area contributed by atoms with Gasteiger partial charge < -0.3 is 4.90 Å². The molecule has 0 aliphatic carbocycles. The van der Waals surface area contributed by atoms with Crippen molar-refractivity contribution in [1.29, 1.82) is 0 Å². The lowest BCUT2D eigenvalue weighted by molar-refractivity contribution is 0.0981. The second-order valence-electron chi connectivity index (χ2n) is 4.58. The van der Waals surface area contributed by atoms with Gasteiger partial charge in [-0.3, -0.25) is 4.79 Å². The topological polar surface area (TPSA) is 20.3 Å². The van der Waals surface area contributed by atoms with Crippen LogP contribution in [-0.4, -0.2) is 12.3 Å². The molecule has 2 nitrogen and oxygen atoms in total. The van der Waals surface area contributed by atoms with E-state index < -0.39 is 0 Å². The Morgan fingerprint density at radius 2 is 1.60 bits per heavy atom. The summed E-state index contributed by atoms with van der Waals surface area (Å²) >= 11 is 18.2. The van der Waals surface area contributed by atoms with Gasteiger partial charge in [0.15, 0.2) is 5.78 Å². The van der Waals surface area contributed by atoms with Gasteiger partial charge in [0.05, 0.1) is 16.4 Å². The molecule has 0 N–H and O–H groups in total. The average molecular weight is 327 g/mol. The van der Waals surface area contributed by atoms with Gasteiger partial charge in [0.25, 0.3) is 0 Å². The summed E-state index contributed by atoms with van der Waals surface area (Å²) in [5.41, 5.74) is 2.29. The number of anilines is 2. The molecule has 0 radical (unpaired) electrons. The number of halogens is 3. The summed E-state index contributed by atoms with van der Waals surface area (Å²) in [6.07, 6.45) is 0.452. The van der Waals surface area contributed by atoms with Gasteiger partial charge >= 0.3 is 0 Å². The lowest BCUT2D eigenvalue weighted by Crippen LogP contribution is -2.28. The van der Waals surface area contributed by atoms with Crippen LogP contribution in [-0.2, 0) is 0 Å². The quantitative estimate of drug-likeness (QED) is 0.702. The minimum Gasteiger partial charge on any atom is -0.339 e. The first kappa shape index (κ1) is 13.7. The largest absolute Gasteiger partial charge is 0.339 e. The number of carbonyl (C=O) groups is 1. The lowest BCUT2D eigenvalue weighted by atomic mass is 10.00. The summed E-state index contributed by atoms with van der Waals surface area (Å²) in [6.45, 7) is 0.577. The third-order valence-electron chi connectivity index (χ3n) is 3.31. The van der Waals surface area contributed by atoms with Gasteiger partial charge in [0.2, 0.25) is 0 Å². The maximum Gasteiger partial charge on any atom is 0.166 e. The van der Waals surface area contributed by atoms with Gasteiger partial charge in [-0.05, 0) is 36.4 Å². The summed E-state index contributed by atoms with van der Waals surface area (Å²) < 4.78 is 0. The zero-order valence-electron chi connectivity index (χ0n) is 10.4. The summed E-state index contributed by atoms with van der Waals surface area (Å²) in [5, 5.41) is 1.73. The molecular weight excluding hydrogens is 317 g/mol. The molecule has 3 rings (SSSR count). The Bertz CT molecular complexity index is 700. The minimum atomic E-state index is 0.123. The van der Waals surface area contributed by atoms with Crippen molar-refractivity contribution in [3.8, 4) is 0 Å². The number of rotatable bonds is 1. The molecule has 0 spiro atoms. The fourth-order valence-electron chi connectivity index (χ4n) is 2.38. The van der Waals surface area contributed by atoms with E-state index in [1.807, 2.05) is 11.0 Å². The van der Waals surface area contributed by atoms with Crippen molar-refractivity contribution < 1.29 is 4.79 Å². The number of benzene rings is 2. The van der Waals surface area contributed by atoms with Crippen molar-refractivity contribution in [3.63, 3.8) is 0 Å². The number of ketones is 1. The zero-order valence-corrected chi connectivity index (χ0v) is 12.6. The number of carbonyl (C=O) groups excluding carboxylic acids is 1. The molecule has 1 aliphatic rings. The number of hydrogen-bond donors (Lipinski definition) is 0. The SMILES string of the molecule is O=C1CCN(c2ccc(Cl)cc2Cl)c2cc(Cl)ccc21. The second-order valence-corrected chi connectivity index (χ2v) is 5.86. The second kappa shape index (κ2) is 5.28. The molecule has 0 aromatic heterocycles. The van der Waals surface area contributed by atoms with Crippen molar-refractivity contribution >= 4 is 52.0 Å². The van der Waals surface area contributed by atoms with Gasteiger partial charge in [0, 0.05) is 28.6 Å². The van der Waals surface area contributed by atoms with E-state index in [1.54, 1.807) is 30.3 Å². The molecule has 2 aromatic carbocycles. The third-order valence-corrected chi connectivity index (χ3v) is 4.09. The maximum absolute atomic E-state index is 12.0. The van der Waals surface area contributed by atoms with E-state index in [4.69, 9.17) is 34.8 Å². The van der Waals surface area contributed by atoms with Crippen LogP contribution >= 0.6 is 34.8 Å².